The lowest BCUT2D eigenvalue weighted by Gasteiger charge is -2.31. The maximum atomic E-state index is 12.5. The minimum atomic E-state index is -0.311. The maximum Gasteiger partial charge on any atom is 0.270 e. The summed E-state index contributed by atoms with van der Waals surface area (Å²) in [6.45, 7) is 5.93. The summed E-state index contributed by atoms with van der Waals surface area (Å²) in [5.41, 5.74) is 9.13. The number of likely N-dealkylation sites (tertiary alicyclic amines) is 1. The summed E-state index contributed by atoms with van der Waals surface area (Å²) in [5.74, 6) is -0.445. The number of hydrogen-bond donors (Lipinski definition) is 2. The highest BCUT2D eigenvalue weighted by Crippen LogP contribution is 2.27. The number of aryl methyl sites for hydroxylation is 2. The molecule has 26 heavy (non-hydrogen) atoms. The molecule has 1 saturated heterocycles. The molecule has 1 aliphatic rings. The Morgan fingerprint density at radius 2 is 2.04 bits per heavy atom. The predicted octanol–water partition coefficient (Wildman–Crippen LogP) is 2.11. The van der Waals surface area contributed by atoms with Crippen molar-refractivity contribution in [1.29, 1.82) is 0 Å². The van der Waals surface area contributed by atoms with Gasteiger partial charge in [0.15, 0.2) is 0 Å². The smallest absolute Gasteiger partial charge is 0.270 e. The van der Waals surface area contributed by atoms with Crippen LogP contribution in [0.2, 0.25) is 0 Å². The summed E-state index contributed by atoms with van der Waals surface area (Å²) < 4.78 is 0. The first-order chi connectivity index (χ1) is 12.4. The normalized spacial score (nSPS) is 15.8. The molecule has 2 heterocycles. The van der Waals surface area contributed by atoms with Crippen LogP contribution in [0.25, 0.3) is 10.6 Å². The first-order valence-electron chi connectivity index (χ1n) is 8.77. The second kappa shape index (κ2) is 7.97. The third kappa shape index (κ3) is 4.47. The second-order valence-electron chi connectivity index (χ2n) is 6.85. The van der Waals surface area contributed by atoms with Crippen molar-refractivity contribution < 1.29 is 9.59 Å². The van der Waals surface area contributed by atoms with Crippen molar-refractivity contribution >= 4 is 23.2 Å². The van der Waals surface area contributed by atoms with Gasteiger partial charge >= 0.3 is 0 Å². The molecule has 0 atom stereocenters. The van der Waals surface area contributed by atoms with Gasteiger partial charge < -0.3 is 11.1 Å². The van der Waals surface area contributed by atoms with Gasteiger partial charge in [0, 0.05) is 30.1 Å². The van der Waals surface area contributed by atoms with Crippen LogP contribution in [0.1, 0.15) is 34.5 Å². The summed E-state index contributed by atoms with van der Waals surface area (Å²) in [4.78, 5) is 30.0. The number of nitrogens with one attached hydrogen (secondary N) is 1. The van der Waals surface area contributed by atoms with E-state index in [2.05, 4.69) is 42.3 Å². The van der Waals surface area contributed by atoms with E-state index in [-0.39, 0.29) is 24.4 Å². The van der Waals surface area contributed by atoms with Crippen molar-refractivity contribution in [3.8, 4) is 10.6 Å². The van der Waals surface area contributed by atoms with Gasteiger partial charge in [-0.2, -0.15) is 0 Å². The first-order valence-corrected chi connectivity index (χ1v) is 9.65. The lowest BCUT2D eigenvalue weighted by Crippen LogP contribution is -2.46. The van der Waals surface area contributed by atoms with Gasteiger partial charge in [0.2, 0.25) is 5.91 Å². The molecule has 6 nitrogen and oxygen atoms in total. The molecule has 1 aromatic heterocycles. The molecule has 3 rings (SSSR count). The van der Waals surface area contributed by atoms with Crippen LogP contribution in [0.5, 0.6) is 0 Å². The van der Waals surface area contributed by atoms with Gasteiger partial charge in [-0.15, -0.1) is 11.3 Å². The molecule has 3 N–H and O–H groups in total. The van der Waals surface area contributed by atoms with E-state index in [9.17, 15) is 9.59 Å². The number of primary amides is 1. The Balaban J connectivity index is 1.60. The van der Waals surface area contributed by atoms with E-state index in [0.717, 1.165) is 42.1 Å². The summed E-state index contributed by atoms with van der Waals surface area (Å²) >= 11 is 1.49. The third-order valence-corrected chi connectivity index (χ3v) is 5.53. The van der Waals surface area contributed by atoms with Gasteiger partial charge in [-0.25, -0.2) is 4.98 Å². The predicted molar refractivity (Wildman–Crippen MR) is 103 cm³/mol. The Bertz CT molecular complexity index is 810. The van der Waals surface area contributed by atoms with Crippen LogP contribution in [0.15, 0.2) is 23.6 Å². The molecule has 0 aliphatic carbocycles. The Hall–Kier alpha value is -2.25. The number of piperidine rings is 1. The standard InChI is InChI=1S/C19H24N4O2S/c1-12-3-4-15(13(2)9-12)19-22-16(11-26-19)18(25)21-14-5-7-23(8-6-14)10-17(20)24/h3-4,9,11,14H,5-8,10H2,1-2H3,(H2,20,24)(H,21,25). The monoisotopic (exact) mass is 372 g/mol. The van der Waals surface area contributed by atoms with Crippen molar-refractivity contribution in [2.24, 2.45) is 5.73 Å². The van der Waals surface area contributed by atoms with E-state index in [1.54, 1.807) is 0 Å². The van der Waals surface area contributed by atoms with Crippen LogP contribution in [-0.2, 0) is 4.79 Å². The number of carbonyl (C=O) groups is 2. The van der Waals surface area contributed by atoms with E-state index < -0.39 is 0 Å². The molecule has 138 valence electrons. The minimum Gasteiger partial charge on any atom is -0.369 e. The number of aromatic nitrogens is 1. The Morgan fingerprint density at radius 3 is 2.69 bits per heavy atom. The average Bonchev–Trinajstić information content (AvgIpc) is 3.06. The fraction of sp³-hybridized carbons (Fsp3) is 0.421. The molecule has 1 aliphatic heterocycles. The highest BCUT2D eigenvalue weighted by molar-refractivity contribution is 7.13. The Morgan fingerprint density at radius 1 is 1.31 bits per heavy atom. The van der Waals surface area contributed by atoms with E-state index in [4.69, 9.17) is 5.73 Å². The van der Waals surface area contributed by atoms with Crippen LogP contribution >= 0.6 is 11.3 Å². The lowest BCUT2D eigenvalue weighted by atomic mass is 10.0. The third-order valence-electron chi connectivity index (χ3n) is 4.65. The van der Waals surface area contributed by atoms with Crippen molar-refractivity contribution in [3.63, 3.8) is 0 Å². The van der Waals surface area contributed by atoms with Gasteiger partial charge in [0.25, 0.3) is 5.91 Å². The van der Waals surface area contributed by atoms with Gasteiger partial charge in [-0.1, -0.05) is 23.8 Å². The maximum absolute atomic E-state index is 12.5. The molecule has 7 heteroatoms. The van der Waals surface area contributed by atoms with Crippen molar-refractivity contribution in [2.75, 3.05) is 19.6 Å². The van der Waals surface area contributed by atoms with Crippen LogP contribution in [0.4, 0.5) is 0 Å². The van der Waals surface area contributed by atoms with Crippen LogP contribution in [-0.4, -0.2) is 47.4 Å². The number of thiazole rings is 1. The lowest BCUT2D eigenvalue weighted by molar-refractivity contribution is -0.119. The number of benzene rings is 1. The molecule has 0 unspecified atom stereocenters. The van der Waals surface area contributed by atoms with Crippen molar-refractivity contribution in [2.45, 2.75) is 32.7 Å². The molecule has 0 radical (unpaired) electrons. The molecule has 2 aromatic rings. The largest absolute Gasteiger partial charge is 0.369 e. The number of rotatable bonds is 5. The van der Waals surface area contributed by atoms with Crippen molar-refractivity contribution in [3.05, 3.63) is 40.4 Å². The highest BCUT2D eigenvalue weighted by atomic mass is 32.1. The van der Waals surface area contributed by atoms with E-state index in [1.807, 2.05) is 10.3 Å². The molecule has 0 bridgehead atoms. The average molecular weight is 372 g/mol. The second-order valence-corrected chi connectivity index (χ2v) is 7.70. The van der Waals surface area contributed by atoms with Crippen LogP contribution < -0.4 is 11.1 Å². The number of amides is 2. The zero-order chi connectivity index (χ0) is 18.7. The van der Waals surface area contributed by atoms with Gasteiger partial charge in [-0.3, -0.25) is 14.5 Å². The van der Waals surface area contributed by atoms with Gasteiger partial charge in [0.1, 0.15) is 10.7 Å². The SMILES string of the molecule is Cc1ccc(-c2nc(C(=O)NC3CCN(CC(N)=O)CC3)cs2)c(C)c1. The van der Waals surface area contributed by atoms with Gasteiger partial charge in [0.05, 0.1) is 6.54 Å². The number of nitrogens with zero attached hydrogens (tertiary/aromatic N) is 2. The molecule has 2 amide bonds. The molecule has 1 aromatic carbocycles. The zero-order valence-corrected chi connectivity index (χ0v) is 15.9. The fourth-order valence-electron chi connectivity index (χ4n) is 3.27. The van der Waals surface area contributed by atoms with E-state index in [0.29, 0.717) is 5.69 Å². The summed E-state index contributed by atoms with van der Waals surface area (Å²) in [7, 11) is 0. The first kappa shape index (κ1) is 18.5. The molecule has 1 fully saturated rings. The van der Waals surface area contributed by atoms with Crippen LogP contribution in [0, 0.1) is 13.8 Å². The van der Waals surface area contributed by atoms with Crippen LogP contribution in [0.3, 0.4) is 0 Å². The summed E-state index contributed by atoms with van der Waals surface area (Å²) in [5, 5.41) is 5.74. The molecule has 0 spiro atoms. The van der Waals surface area contributed by atoms with Gasteiger partial charge in [-0.05, 0) is 32.3 Å². The molecular weight excluding hydrogens is 348 g/mol. The zero-order valence-electron chi connectivity index (χ0n) is 15.1. The number of hydrogen-bond acceptors (Lipinski definition) is 5. The van der Waals surface area contributed by atoms with Crippen molar-refractivity contribution in [1.82, 2.24) is 15.2 Å². The number of carbonyl (C=O) groups excluding carboxylic acids is 2. The van der Waals surface area contributed by atoms with E-state index >= 15 is 0 Å². The minimum absolute atomic E-state index is 0.109. The van der Waals surface area contributed by atoms with E-state index in [1.165, 1.54) is 16.9 Å². The fourth-order valence-corrected chi connectivity index (χ4v) is 4.16. The topological polar surface area (TPSA) is 88.3 Å². The molecular formula is C19H24N4O2S. The highest BCUT2D eigenvalue weighted by Gasteiger charge is 2.23. The molecule has 0 saturated carbocycles. The summed E-state index contributed by atoms with van der Waals surface area (Å²) in [6, 6.07) is 6.34. The Labute approximate surface area is 157 Å². The number of nitrogens with two attached hydrogens (primary N) is 1. The quantitative estimate of drug-likeness (QED) is 0.841. The Kier molecular flexibility index (Phi) is 5.68. The summed E-state index contributed by atoms with van der Waals surface area (Å²) in [6.07, 6.45) is 1.63.